The van der Waals surface area contributed by atoms with Crippen LogP contribution >= 0.6 is 0 Å². The number of carboxylic acid groups (broad SMARTS) is 1. The van der Waals surface area contributed by atoms with Crippen LogP contribution in [0.15, 0.2) is 4.99 Å². The van der Waals surface area contributed by atoms with Gasteiger partial charge in [-0.25, -0.2) is 0 Å². The minimum atomic E-state index is -1.35. The molecule has 0 rings (SSSR count). The Morgan fingerprint density at radius 3 is 2.38 bits per heavy atom. The second-order valence-corrected chi connectivity index (χ2v) is 2.61. The fourth-order valence-corrected chi connectivity index (χ4v) is 0.612. The molecule has 13 heavy (non-hydrogen) atoms. The van der Waals surface area contributed by atoms with E-state index in [1.807, 2.05) is 0 Å². The third kappa shape index (κ3) is 5.29. The summed E-state index contributed by atoms with van der Waals surface area (Å²) in [5.74, 6) is -1.13. The zero-order chi connectivity index (χ0) is 10.4. The molecule has 3 unspecified atom stereocenters. The van der Waals surface area contributed by atoms with Crippen LogP contribution in [0.1, 0.15) is 6.92 Å². The molecule has 0 aromatic heterocycles. The summed E-state index contributed by atoms with van der Waals surface area (Å²) in [4.78, 5) is 13.3. The zero-order valence-electron chi connectivity index (χ0n) is 7.16. The van der Waals surface area contributed by atoms with Gasteiger partial charge in [-0.2, -0.15) is 0 Å². The van der Waals surface area contributed by atoms with E-state index in [1.54, 1.807) is 0 Å². The van der Waals surface area contributed by atoms with Crippen LogP contribution in [0.5, 0.6) is 0 Å². The second kappa shape index (κ2) is 5.63. The normalized spacial score (nSPS) is 18.5. The van der Waals surface area contributed by atoms with Crippen LogP contribution in [0.2, 0.25) is 0 Å². The molecule has 0 aromatic carbocycles. The number of rotatable bonds is 5. The van der Waals surface area contributed by atoms with Gasteiger partial charge in [0.2, 0.25) is 0 Å². The van der Waals surface area contributed by atoms with E-state index in [1.165, 1.54) is 6.92 Å². The summed E-state index contributed by atoms with van der Waals surface area (Å²) in [7, 11) is 0. The van der Waals surface area contributed by atoms with E-state index in [9.17, 15) is 4.79 Å². The topological polar surface area (TPSA) is 110 Å². The van der Waals surface area contributed by atoms with Crippen molar-refractivity contribution in [2.45, 2.75) is 25.2 Å². The van der Waals surface area contributed by atoms with Gasteiger partial charge in [0.1, 0.15) is 18.8 Å². The largest absolute Gasteiger partial charge is 0.480 e. The monoisotopic (exact) mass is 191 g/mol. The van der Waals surface area contributed by atoms with E-state index < -0.39 is 30.8 Å². The Morgan fingerprint density at radius 1 is 1.46 bits per heavy atom. The SMILES string of the molecule is CC(O)C(O)C(O)C=NCC(=O)O. The highest BCUT2D eigenvalue weighted by Crippen LogP contribution is 1.96. The molecule has 0 saturated carbocycles. The average Bonchev–Trinajstić information content (AvgIpc) is 2.02. The summed E-state index contributed by atoms with van der Waals surface area (Å²) in [6.07, 6.45) is -2.89. The Hall–Kier alpha value is -0.980. The Balaban J connectivity index is 3.91. The minimum absolute atomic E-state index is 0.469. The van der Waals surface area contributed by atoms with E-state index in [4.69, 9.17) is 20.4 Å². The van der Waals surface area contributed by atoms with E-state index in [2.05, 4.69) is 4.99 Å². The highest BCUT2D eigenvalue weighted by atomic mass is 16.4. The lowest BCUT2D eigenvalue weighted by atomic mass is 10.1. The van der Waals surface area contributed by atoms with Gasteiger partial charge in [-0.05, 0) is 6.92 Å². The van der Waals surface area contributed by atoms with Crippen molar-refractivity contribution < 1.29 is 25.2 Å². The molecule has 0 amide bonds. The number of aliphatic imine (C=N–C) groups is 1. The molecule has 0 fully saturated rings. The molecule has 4 N–H and O–H groups in total. The molecule has 6 heteroatoms. The maximum Gasteiger partial charge on any atom is 0.325 e. The van der Waals surface area contributed by atoms with Crippen molar-refractivity contribution in [3.8, 4) is 0 Å². The number of hydrogen-bond acceptors (Lipinski definition) is 5. The van der Waals surface area contributed by atoms with Crippen LogP contribution in [0.4, 0.5) is 0 Å². The third-order valence-corrected chi connectivity index (χ3v) is 1.33. The van der Waals surface area contributed by atoms with E-state index in [0.717, 1.165) is 6.21 Å². The summed E-state index contributed by atoms with van der Waals surface area (Å²) in [6.45, 7) is 0.836. The quantitative estimate of drug-likeness (QED) is 0.385. The number of carboxylic acids is 1. The molecule has 76 valence electrons. The van der Waals surface area contributed by atoms with Crippen molar-refractivity contribution in [2.24, 2.45) is 4.99 Å². The fraction of sp³-hybridized carbons (Fsp3) is 0.714. The Kier molecular flexibility index (Phi) is 5.20. The van der Waals surface area contributed by atoms with Gasteiger partial charge in [0, 0.05) is 6.21 Å². The van der Waals surface area contributed by atoms with Crippen LogP contribution in [0.25, 0.3) is 0 Å². The summed E-state index contributed by atoms with van der Waals surface area (Å²) in [6, 6.07) is 0. The second-order valence-electron chi connectivity index (χ2n) is 2.61. The first-order valence-electron chi connectivity index (χ1n) is 3.71. The van der Waals surface area contributed by atoms with E-state index in [0.29, 0.717) is 0 Å². The van der Waals surface area contributed by atoms with Crippen molar-refractivity contribution in [3.63, 3.8) is 0 Å². The molecule has 0 aliphatic carbocycles. The molecule has 6 nitrogen and oxygen atoms in total. The molecule has 0 aromatic rings. The first kappa shape index (κ1) is 12.0. The first-order valence-corrected chi connectivity index (χ1v) is 3.71. The molecular formula is C7H13NO5. The Morgan fingerprint density at radius 2 is 2.00 bits per heavy atom. The lowest BCUT2D eigenvalue weighted by molar-refractivity contribution is -0.135. The smallest absolute Gasteiger partial charge is 0.325 e. The van der Waals surface area contributed by atoms with E-state index in [-0.39, 0.29) is 0 Å². The maximum absolute atomic E-state index is 9.98. The van der Waals surface area contributed by atoms with Gasteiger partial charge in [0.05, 0.1) is 6.10 Å². The maximum atomic E-state index is 9.98. The molecule has 3 atom stereocenters. The van der Waals surface area contributed by atoms with Gasteiger partial charge in [-0.1, -0.05) is 0 Å². The lowest BCUT2D eigenvalue weighted by Crippen LogP contribution is -2.36. The van der Waals surface area contributed by atoms with Gasteiger partial charge in [0.15, 0.2) is 0 Å². The van der Waals surface area contributed by atoms with Crippen LogP contribution in [0, 0.1) is 0 Å². The predicted octanol–water partition coefficient (Wildman–Crippen LogP) is -1.76. The molecule has 0 bridgehead atoms. The van der Waals surface area contributed by atoms with Crippen LogP contribution in [0.3, 0.4) is 0 Å². The summed E-state index contributed by atoms with van der Waals surface area (Å²) in [5, 5.41) is 35.0. The number of aliphatic hydroxyl groups excluding tert-OH is 3. The first-order chi connectivity index (χ1) is 5.95. The van der Waals surface area contributed by atoms with Crippen molar-refractivity contribution in [1.29, 1.82) is 0 Å². The predicted molar refractivity (Wildman–Crippen MR) is 44.7 cm³/mol. The number of aliphatic carboxylic acids is 1. The fourth-order valence-electron chi connectivity index (χ4n) is 0.612. The van der Waals surface area contributed by atoms with Crippen molar-refractivity contribution in [3.05, 3.63) is 0 Å². The van der Waals surface area contributed by atoms with Gasteiger partial charge < -0.3 is 20.4 Å². The number of hydrogen-bond donors (Lipinski definition) is 4. The molecule has 0 heterocycles. The van der Waals surface area contributed by atoms with Gasteiger partial charge in [-0.3, -0.25) is 9.79 Å². The van der Waals surface area contributed by atoms with Crippen LogP contribution < -0.4 is 0 Å². The third-order valence-electron chi connectivity index (χ3n) is 1.33. The van der Waals surface area contributed by atoms with Gasteiger partial charge >= 0.3 is 5.97 Å². The average molecular weight is 191 g/mol. The van der Waals surface area contributed by atoms with Crippen molar-refractivity contribution >= 4 is 12.2 Å². The Bertz CT molecular complexity index is 191. The zero-order valence-corrected chi connectivity index (χ0v) is 7.16. The molecule has 0 spiro atoms. The van der Waals surface area contributed by atoms with E-state index >= 15 is 0 Å². The molecular weight excluding hydrogens is 178 g/mol. The summed E-state index contributed by atoms with van der Waals surface area (Å²) >= 11 is 0. The number of carbonyl (C=O) groups is 1. The van der Waals surface area contributed by atoms with Gasteiger partial charge in [-0.15, -0.1) is 0 Å². The van der Waals surface area contributed by atoms with Gasteiger partial charge in [0.25, 0.3) is 0 Å². The van der Waals surface area contributed by atoms with Crippen molar-refractivity contribution in [1.82, 2.24) is 0 Å². The lowest BCUT2D eigenvalue weighted by Gasteiger charge is -2.16. The van der Waals surface area contributed by atoms with Crippen molar-refractivity contribution in [2.75, 3.05) is 6.54 Å². The summed E-state index contributed by atoms with van der Waals surface area (Å²) < 4.78 is 0. The summed E-state index contributed by atoms with van der Waals surface area (Å²) in [5.41, 5.74) is 0. The molecule has 0 radical (unpaired) electrons. The Labute approximate surface area is 75.2 Å². The highest BCUT2D eigenvalue weighted by molar-refractivity contribution is 5.73. The number of nitrogens with zero attached hydrogens (tertiary/aromatic N) is 1. The number of aliphatic hydroxyl groups is 3. The highest BCUT2D eigenvalue weighted by Gasteiger charge is 2.18. The minimum Gasteiger partial charge on any atom is -0.480 e. The van der Waals surface area contributed by atoms with Crippen LogP contribution in [-0.4, -0.2) is 57.5 Å². The molecule has 0 aliphatic rings. The molecule has 0 aliphatic heterocycles. The van der Waals surface area contributed by atoms with Crippen LogP contribution in [-0.2, 0) is 4.79 Å². The standard InChI is InChI=1S/C7H13NO5/c1-4(9)7(13)5(10)2-8-3-6(11)12/h2,4-5,7,9-10,13H,3H2,1H3,(H,11,12). The molecule has 0 saturated heterocycles.